The van der Waals surface area contributed by atoms with Gasteiger partial charge in [0.1, 0.15) is 5.82 Å². The molecular weight excluding hydrogens is 361 g/mol. The summed E-state index contributed by atoms with van der Waals surface area (Å²) in [5.41, 5.74) is 1.79. The predicted molar refractivity (Wildman–Crippen MR) is 93.7 cm³/mol. The van der Waals surface area contributed by atoms with Gasteiger partial charge in [0.25, 0.3) is 0 Å². The number of ether oxygens (including phenoxy) is 2. The zero-order valence-electron chi connectivity index (χ0n) is 13.4. The van der Waals surface area contributed by atoms with E-state index < -0.39 is 0 Å². The van der Waals surface area contributed by atoms with Gasteiger partial charge in [0, 0.05) is 11.0 Å². The van der Waals surface area contributed by atoms with Crippen LogP contribution in [0.2, 0.25) is 0 Å². The molecule has 2 aromatic carbocycles. The van der Waals surface area contributed by atoms with Gasteiger partial charge >= 0.3 is 0 Å². The molecule has 0 heterocycles. The minimum absolute atomic E-state index is 0.154. The van der Waals surface area contributed by atoms with Crippen LogP contribution in [0.3, 0.4) is 0 Å². The molecule has 0 atom stereocenters. The molecule has 0 saturated carbocycles. The van der Waals surface area contributed by atoms with Crippen LogP contribution in [0, 0.1) is 5.82 Å². The van der Waals surface area contributed by atoms with Crippen LogP contribution in [0.15, 0.2) is 40.9 Å². The maximum absolute atomic E-state index is 13.6. The Kier molecular flexibility index (Phi) is 6.86. The zero-order valence-corrected chi connectivity index (χ0v) is 15.0. The Morgan fingerprint density at radius 1 is 1.13 bits per heavy atom. The van der Waals surface area contributed by atoms with E-state index >= 15 is 0 Å². The third-order valence-electron chi connectivity index (χ3n) is 3.48. The molecule has 5 heteroatoms. The number of halogens is 2. The summed E-state index contributed by atoms with van der Waals surface area (Å²) in [5, 5.41) is 3.33. The molecule has 0 aliphatic heterocycles. The normalized spacial score (nSPS) is 10.6. The molecule has 0 saturated heterocycles. The number of hydrogen-bond donors (Lipinski definition) is 1. The van der Waals surface area contributed by atoms with Crippen LogP contribution in [0.5, 0.6) is 11.5 Å². The van der Waals surface area contributed by atoms with Gasteiger partial charge < -0.3 is 14.8 Å². The van der Waals surface area contributed by atoms with Gasteiger partial charge in [0.15, 0.2) is 11.5 Å². The molecule has 0 fully saturated rings. The van der Waals surface area contributed by atoms with Crippen LogP contribution in [0.25, 0.3) is 0 Å². The van der Waals surface area contributed by atoms with Gasteiger partial charge in [-0.05, 0) is 49.2 Å². The van der Waals surface area contributed by atoms with Crippen molar-refractivity contribution in [3.63, 3.8) is 0 Å². The summed E-state index contributed by atoms with van der Waals surface area (Å²) in [4.78, 5) is 0. The van der Waals surface area contributed by atoms with E-state index in [4.69, 9.17) is 9.47 Å². The first-order chi connectivity index (χ1) is 11.2. The fourth-order valence-corrected chi connectivity index (χ4v) is 2.75. The smallest absolute Gasteiger partial charge is 0.162 e. The van der Waals surface area contributed by atoms with Crippen molar-refractivity contribution in [1.29, 1.82) is 0 Å². The average molecular weight is 382 g/mol. The zero-order chi connectivity index (χ0) is 16.7. The highest BCUT2D eigenvalue weighted by Gasteiger charge is 2.10. The third kappa shape index (κ3) is 4.94. The fourth-order valence-electron chi connectivity index (χ4n) is 2.29. The maximum atomic E-state index is 13.6. The molecule has 23 heavy (non-hydrogen) atoms. The molecule has 124 valence electrons. The van der Waals surface area contributed by atoms with E-state index in [0.29, 0.717) is 31.9 Å². The van der Waals surface area contributed by atoms with Crippen LogP contribution in [0.1, 0.15) is 18.1 Å². The molecule has 2 aromatic rings. The summed E-state index contributed by atoms with van der Waals surface area (Å²) in [6.45, 7) is 3.88. The summed E-state index contributed by atoms with van der Waals surface area (Å²) < 4.78 is 25.4. The lowest BCUT2D eigenvalue weighted by Gasteiger charge is -2.13. The second-order valence-electron chi connectivity index (χ2n) is 5.05. The van der Waals surface area contributed by atoms with Gasteiger partial charge in [-0.15, -0.1) is 0 Å². The highest BCUT2D eigenvalue weighted by atomic mass is 79.9. The molecule has 0 amide bonds. The first kappa shape index (κ1) is 17.8. The summed E-state index contributed by atoms with van der Waals surface area (Å²) in [5.74, 6) is 1.27. The summed E-state index contributed by atoms with van der Waals surface area (Å²) in [7, 11) is 1.63. The topological polar surface area (TPSA) is 30.5 Å². The van der Waals surface area contributed by atoms with Crippen molar-refractivity contribution in [1.82, 2.24) is 5.32 Å². The largest absolute Gasteiger partial charge is 0.493 e. The van der Waals surface area contributed by atoms with Gasteiger partial charge in [-0.1, -0.05) is 34.1 Å². The van der Waals surface area contributed by atoms with Crippen molar-refractivity contribution in [2.24, 2.45) is 0 Å². The van der Waals surface area contributed by atoms with Crippen molar-refractivity contribution in [2.45, 2.75) is 19.9 Å². The second kappa shape index (κ2) is 8.89. The quantitative estimate of drug-likeness (QED) is 0.690. The molecule has 0 bridgehead atoms. The van der Waals surface area contributed by atoms with Gasteiger partial charge in [-0.3, -0.25) is 0 Å². The number of rotatable bonds is 8. The van der Waals surface area contributed by atoms with Crippen molar-refractivity contribution in [3.8, 4) is 11.5 Å². The van der Waals surface area contributed by atoms with E-state index in [9.17, 15) is 4.39 Å². The fraction of sp³-hybridized carbons (Fsp3) is 0.333. The van der Waals surface area contributed by atoms with Crippen molar-refractivity contribution in [3.05, 3.63) is 57.8 Å². The molecule has 0 aliphatic rings. The lowest BCUT2D eigenvalue weighted by Crippen LogP contribution is -2.17. The molecule has 0 spiro atoms. The molecular formula is C18H21BrFNO2. The highest BCUT2D eigenvalue weighted by molar-refractivity contribution is 9.10. The Labute approximate surface area is 144 Å². The van der Waals surface area contributed by atoms with Crippen LogP contribution < -0.4 is 14.8 Å². The summed E-state index contributed by atoms with van der Waals surface area (Å²) >= 11 is 3.55. The lowest BCUT2D eigenvalue weighted by atomic mass is 10.1. The SMILES string of the molecule is CCOc1cc(Br)c(CNCCc2ccccc2F)cc1OC. The third-order valence-corrected chi connectivity index (χ3v) is 4.22. The monoisotopic (exact) mass is 381 g/mol. The minimum atomic E-state index is -0.154. The molecule has 1 N–H and O–H groups in total. The summed E-state index contributed by atoms with van der Waals surface area (Å²) in [6.07, 6.45) is 0.651. The molecule has 0 aromatic heterocycles. The first-order valence-electron chi connectivity index (χ1n) is 7.59. The second-order valence-corrected chi connectivity index (χ2v) is 5.90. The first-order valence-corrected chi connectivity index (χ1v) is 8.38. The van der Waals surface area contributed by atoms with Crippen LogP contribution in [-0.2, 0) is 13.0 Å². The van der Waals surface area contributed by atoms with E-state index in [-0.39, 0.29) is 5.82 Å². The molecule has 0 aliphatic carbocycles. The lowest BCUT2D eigenvalue weighted by molar-refractivity contribution is 0.310. The Hall–Kier alpha value is -1.59. The Morgan fingerprint density at radius 2 is 1.91 bits per heavy atom. The Balaban J connectivity index is 1.94. The van der Waals surface area contributed by atoms with E-state index in [1.807, 2.05) is 31.2 Å². The van der Waals surface area contributed by atoms with Gasteiger partial charge in [-0.25, -0.2) is 4.39 Å². The maximum Gasteiger partial charge on any atom is 0.162 e. The molecule has 2 rings (SSSR count). The average Bonchev–Trinajstić information content (AvgIpc) is 2.55. The van der Waals surface area contributed by atoms with E-state index in [1.165, 1.54) is 6.07 Å². The van der Waals surface area contributed by atoms with Gasteiger partial charge in [-0.2, -0.15) is 0 Å². The van der Waals surface area contributed by atoms with Gasteiger partial charge in [0.2, 0.25) is 0 Å². The van der Waals surface area contributed by atoms with Crippen molar-refractivity contribution < 1.29 is 13.9 Å². The minimum Gasteiger partial charge on any atom is -0.493 e. The van der Waals surface area contributed by atoms with Crippen LogP contribution in [-0.4, -0.2) is 20.3 Å². The van der Waals surface area contributed by atoms with Crippen molar-refractivity contribution >= 4 is 15.9 Å². The predicted octanol–water partition coefficient (Wildman–Crippen LogP) is 4.33. The highest BCUT2D eigenvalue weighted by Crippen LogP contribution is 2.33. The van der Waals surface area contributed by atoms with E-state index in [2.05, 4.69) is 21.2 Å². The molecule has 0 unspecified atom stereocenters. The van der Waals surface area contributed by atoms with E-state index in [0.717, 1.165) is 21.3 Å². The van der Waals surface area contributed by atoms with E-state index in [1.54, 1.807) is 13.2 Å². The molecule has 3 nitrogen and oxygen atoms in total. The van der Waals surface area contributed by atoms with Crippen molar-refractivity contribution in [2.75, 3.05) is 20.3 Å². The van der Waals surface area contributed by atoms with Crippen LogP contribution in [0.4, 0.5) is 4.39 Å². The Bertz CT molecular complexity index is 649. The van der Waals surface area contributed by atoms with Gasteiger partial charge in [0.05, 0.1) is 13.7 Å². The summed E-state index contributed by atoms with van der Waals surface area (Å²) in [6, 6.07) is 10.7. The standard InChI is InChI=1S/C18H21BrFNO2/c1-3-23-18-11-15(19)14(10-17(18)22-2)12-21-9-8-13-6-4-5-7-16(13)20/h4-7,10-11,21H,3,8-9,12H2,1-2H3. The number of nitrogens with one attached hydrogen (secondary N) is 1. The Morgan fingerprint density at radius 3 is 2.61 bits per heavy atom. The van der Waals surface area contributed by atoms with Crippen LogP contribution >= 0.6 is 15.9 Å². The number of hydrogen-bond acceptors (Lipinski definition) is 3. The number of benzene rings is 2. The molecule has 0 radical (unpaired) electrons. The number of methoxy groups -OCH3 is 1.